The first kappa shape index (κ1) is 11.9. The Kier molecular flexibility index (Phi) is 4.26. The molecule has 0 amide bonds. The van der Waals surface area contributed by atoms with E-state index in [4.69, 9.17) is 5.11 Å². The highest BCUT2D eigenvalue weighted by Gasteiger charge is 2.29. The average molecular weight is 207 g/mol. The van der Waals surface area contributed by atoms with E-state index in [0.717, 1.165) is 19.3 Å². The molecule has 0 aromatic rings. The van der Waals surface area contributed by atoms with Crippen LogP contribution in [-0.2, 0) is 0 Å². The Morgan fingerprint density at radius 3 is 2.71 bits per heavy atom. The van der Waals surface area contributed by atoms with Gasteiger partial charge in [-0.2, -0.15) is 0 Å². The van der Waals surface area contributed by atoms with Gasteiger partial charge in [0, 0.05) is 6.04 Å². The summed E-state index contributed by atoms with van der Waals surface area (Å²) in [4.78, 5) is 0. The van der Waals surface area contributed by atoms with Gasteiger partial charge in [0.25, 0.3) is 5.92 Å². The van der Waals surface area contributed by atoms with Gasteiger partial charge in [0.1, 0.15) is 6.61 Å². The Bertz CT molecular complexity index is 176. The summed E-state index contributed by atoms with van der Waals surface area (Å²) in [6.07, 6.45) is 4.27. The van der Waals surface area contributed by atoms with Crippen molar-refractivity contribution in [2.24, 2.45) is 5.92 Å². The van der Waals surface area contributed by atoms with Gasteiger partial charge in [0.2, 0.25) is 0 Å². The molecule has 0 heterocycles. The van der Waals surface area contributed by atoms with Crippen LogP contribution in [0, 0.1) is 5.92 Å². The van der Waals surface area contributed by atoms with Crippen LogP contribution < -0.4 is 5.32 Å². The first-order chi connectivity index (χ1) is 6.53. The molecule has 0 radical (unpaired) electrons. The molecule has 4 heteroatoms. The van der Waals surface area contributed by atoms with Crippen LogP contribution in [0.5, 0.6) is 0 Å². The van der Waals surface area contributed by atoms with E-state index in [0.29, 0.717) is 5.92 Å². The molecule has 0 aliphatic heterocycles. The second-order valence-corrected chi connectivity index (χ2v) is 4.36. The SMILES string of the molecule is CC1CCCC(NCC(F)(F)CO)C1. The molecule has 1 aliphatic rings. The van der Waals surface area contributed by atoms with E-state index in [1.54, 1.807) is 0 Å². The molecule has 1 aliphatic carbocycles. The zero-order valence-electron chi connectivity index (χ0n) is 8.60. The van der Waals surface area contributed by atoms with Crippen LogP contribution >= 0.6 is 0 Å². The fourth-order valence-corrected chi connectivity index (χ4v) is 1.97. The molecule has 1 rings (SSSR count). The van der Waals surface area contributed by atoms with E-state index in [-0.39, 0.29) is 6.04 Å². The molecule has 0 spiro atoms. The molecular weight excluding hydrogens is 188 g/mol. The number of rotatable bonds is 4. The van der Waals surface area contributed by atoms with E-state index in [1.807, 2.05) is 0 Å². The summed E-state index contributed by atoms with van der Waals surface area (Å²) in [5.74, 6) is -2.34. The zero-order chi connectivity index (χ0) is 10.6. The molecule has 0 aromatic carbocycles. The van der Waals surface area contributed by atoms with E-state index >= 15 is 0 Å². The van der Waals surface area contributed by atoms with Crippen molar-refractivity contribution in [3.05, 3.63) is 0 Å². The number of alkyl halides is 2. The van der Waals surface area contributed by atoms with E-state index in [9.17, 15) is 8.78 Å². The maximum absolute atomic E-state index is 12.7. The van der Waals surface area contributed by atoms with Crippen LogP contribution in [0.3, 0.4) is 0 Å². The van der Waals surface area contributed by atoms with Gasteiger partial charge in [-0.3, -0.25) is 0 Å². The molecule has 0 aromatic heterocycles. The van der Waals surface area contributed by atoms with Crippen molar-refractivity contribution in [3.63, 3.8) is 0 Å². The van der Waals surface area contributed by atoms with Crippen molar-refractivity contribution >= 4 is 0 Å². The zero-order valence-corrected chi connectivity index (χ0v) is 8.60. The largest absolute Gasteiger partial charge is 0.390 e. The minimum atomic E-state index is -2.97. The predicted octanol–water partition coefficient (Wildman–Crippen LogP) is 1.78. The predicted molar refractivity (Wildman–Crippen MR) is 51.5 cm³/mol. The molecule has 84 valence electrons. The summed E-state index contributed by atoms with van der Waals surface area (Å²) in [6, 6.07) is 0.205. The molecule has 14 heavy (non-hydrogen) atoms. The van der Waals surface area contributed by atoms with Gasteiger partial charge in [-0.05, 0) is 18.8 Å². The van der Waals surface area contributed by atoms with Crippen molar-refractivity contribution in [2.75, 3.05) is 13.2 Å². The summed E-state index contributed by atoms with van der Waals surface area (Å²) < 4.78 is 25.4. The van der Waals surface area contributed by atoms with E-state index < -0.39 is 19.1 Å². The molecule has 2 N–H and O–H groups in total. The van der Waals surface area contributed by atoms with Crippen LogP contribution in [0.4, 0.5) is 8.78 Å². The minimum absolute atomic E-state index is 0.205. The fraction of sp³-hybridized carbons (Fsp3) is 1.00. The Morgan fingerprint density at radius 2 is 2.14 bits per heavy atom. The summed E-state index contributed by atoms with van der Waals surface area (Å²) in [6.45, 7) is 0.682. The van der Waals surface area contributed by atoms with Gasteiger partial charge in [-0.1, -0.05) is 19.8 Å². The Morgan fingerprint density at radius 1 is 1.43 bits per heavy atom. The lowest BCUT2D eigenvalue weighted by Crippen LogP contribution is -2.42. The summed E-state index contributed by atoms with van der Waals surface area (Å²) in [5, 5.41) is 11.2. The van der Waals surface area contributed by atoms with Crippen molar-refractivity contribution in [1.82, 2.24) is 5.32 Å². The lowest BCUT2D eigenvalue weighted by Gasteiger charge is -2.28. The van der Waals surface area contributed by atoms with Crippen LogP contribution in [0.25, 0.3) is 0 Å². The molecule has 1 fully saturated rings. The Hall–Kier alpha value is -0.220. The third kappa shape index (κ3) is 3.88. The molecule has 0 saturated heterocycles. The number of halogens is 2. The lowest BCUT2D eigenvalue weighted by molar-refractivity contribution is -0.0502. The van der Waals surface area contributed by atoms with Crippen LogP contribution in [0.1, 0.15) is 32.6 Å². The molecule has 2 atom stereocenters. The summed E-state index contributed by atoms with van der Waals surface area (Å²) >= 11 is 0. The first-order valence-electron chi connectivity index (χ1n) is 5.25. The number of nitrogens with one attached hydrogen (secondary N) is 1. The Balaban J connectivity index is 2.23. The van der Waals surface area contributed by atoms with Crippen LogP contribution in [0.15, 0.2) is 0 Å². The minimum Gasteiger partial charge on any atom is -0.390 e. The monoisotopic (exact) mass is 207 g/mol. The molecule has 2 unspecified atom stereocenters. The van der Waals surface area contributed by atoms with Crippen molar-refractivity contribution in [1.29, 1.82) is 0 Å². The third-order valence-corrected chi connectivity index (χ3v) is 2.82. The maximum atomic E-state index is 12.7. The number of aliphatic hydroxyl groups excluding tert-OH is 1. The highest BCUT2D eigenvalue weighted by Crippen LogP contribution is 2.24. The summed E-state index contributed by atoms with van der Waals surface area (Å²) in [5.41, 5.74) is 0. The maximum Gasteiger partial charge on any atom is 0.282 e. The quantitative estimate of drug-likeness (QED) is 0.736. The topological polar surface area (TPSA) is 32.3 Å². The average Bonchev–Trinajstić information content (AvgIpc) is 2.15. The van der Waals surface area contributed by atoms with Gasteiger partial charge < -0.3 is 10.4 Å². The Labute approximate surface area is 83.7 Å². The van der Waals surface area contributed by atoms with E-state index in [1.165, 1.54) is 6.42 Å². The first-order valence-corrected chi connectivity index (χ1v) is 5.25. The lowest BCUT2D eigenvalue weighted by atomic mass is 9.87. The molecule has 1 saturated carbocycles. The fourth-order valence-electron chi connectivity index (χ4n) is 1.97. The van der Waals surface area contributed by atoms with Gasteiger partial charge in [-0.25, -0.2) is 8.78 Å². The number of hydrogen-bond donors (Lipinski definition) is 2. The third-order valence-electron chi connectivity index (χ3n) is 2.82. The van der Waals surface area contributed by atoms with E-state index in [2.05, 4.69) is 12.2 Å². The second kappa shape index (κ2) is 5.03. The highest BCUT2D eigenvalue weighted by molar-refractivity contribution is 4.78. The van der Waals surface area contributed by atoms with Crippen molar-refractivity contribution < 1.29 is 13.9 Å². The smallest absolute Gasteiger partial charge is 0.282 e. The van der Waals surface area contributed by atoms with Crippen molar-refractivity contribution in [3.8, 4) is 0 Å². The molecular formula is C10H19F2NO. The van der Waals surface area contributed by atoms with Crippen LogP contribution in [-0.4, -0.2) is 30.2 Å². The van der Waals surface area contributed by atoms with Gasteiger partial charge in [-0.15, -0.1) is 0 Å². The van der Waals surface area contributed by atoms with Gasteiger partial charge >= 0.3 is 0 Å². The molecule has 2 nitrogen and oxygen atoms in total. The van der Waals surface area contributed by atoms with Gasteiger partial charge in [0.15, 0.2) is 0 Å². The number of hydrogen-bond acceptors (Lipinski definition) is 2. The highest BCUT2D eigenvalue weighted by atomic mass is 19.3. The van der Waals surface area contributed by atoms with Gasteiger partial charge in [0.05, 0.1) is 6.54 Å². The van der Waals surface area contributed by atoms with Crippen molar-refractivity contribution in [2.45, 2.75) is 44.6 Å². The second-order valence-electron chi connectivity index (χ2n) is 4.36. The summed E-state index contributed by atoms with van der Waals surface area (Å²) in [7, 11) is 0. The normalized spacial score (nSPS) is 29.1. The standard InChI is InChI=1S/C10H19F2NO/c1-8-3-2-4-9(5-8)13-6-10(11,12)7-14/h8-9,13-14H,2-7H2,1H3. The van der Waals surface area contributed by atoms with Crippen LogP contribution in [0.2, 0.25) is 0 Å². The number of aliphatic hydroxyl groups is 1. The molecule has 0 bridgehead atoms.